The van der Waals surface area contributed by atoms with Gasteiger partial charge in [0.2, 0.25) is 0 Å². The smallest absolute Gasteiger partial charge is 0.0594 e. The molecule has 3 heteroatoms. The van der Waals surface area contributed by atoms with Crippen LogP contribution in [0.3, 0.4) is 0 Å². The molecule has 19 heavy (non-hydrogen) atoms. The largest absolute Gasteiger partial charge is 0.379 e. The van der Waals surface area contributed by atoms with Crippen molar-refractivity contribution in [3.8, 4) is 0 Å². The summed E-state index contributed by atoms with van der Waals surface area (Å²) in [5.41, 5.74) is 2.81. The summed E-state index contributed by atoms with van der Waals surface area (Å²) in [5, 5.41) is 3.67. The van der Waals surface area contributed by atoms with E-state index in [9.17, 15) is 0 Å². The highest BCUT2D eigenvalue weighted by Gasteiger charge is 2.22. The molecule has 1 heterocycles. The van der Waals surface area contributed by atoms with Crippen LogP contribution >= 0.6 is 0 Å². The van der Waals surface area contributed by atoms with Crippen LogP contribution in [0.5, 0.6) is 0 Å². The first-order valence-electron chi connectivity index (χ1n) is 7.16. The molecular formula is C16H26N2O. The highest BCUT2D eigenvalue weighted by molar-refractivity contribution is 5.22. The van der Waals surface area contributed by atoms with Crippen molar-refractivity contribution in [2.24, 2.45) is 0 Å². The number of nitrogens with zero attached hydrogens (tertiary/aromatic N) is 1. The minimum absolute atomic E-state index is 0.126. The van der Waals surface area contributed by atoms with Gasteiger partial charge in [-0.05, 0) is 26.3 Å². The van der Waals surface area contributed by atoms with Crippen molar-refractivity contribution in [2.45, 2.75) is 32.9 Å². The molecule has 0 atom stereocenters. The summed E-state index contributed by atoms with van der Waals surface area (Å²) in [4.78, 5) is 2.48. The Morgan fingerprint density at radius 2 is 2.00 bits per heavy atom. The maximum absolute atomic E-state index is 5.39. The summed E-state index contributed by atoms with van der Waals surface area (Å²) < 4.78 is 5.39. The molecule has 1 fully saturated rings. The molecule has 0 aromatic heterocycles. The normalized spacial score (nSPS) is 17.6. The van der Waals surface area contributed by atoms with Crippen LogP contribution in [0.15, 0.2) is 24.3 Å². The lowest BCUT2D eigenvalue weighted by Crippen LogP contribution is -2.51. The van der Waals surface area contributed by atoms with Gasteiger partial charge in [0.15, 0.2) is 0 Å². The molecule has 1 aromatic rings. The lowest BCUT2D eigenvalue weighted by Gasteiger charge is -2.35. The summed E-state index contributed by atoms with van der Waals surface area (Å²) >= 11 is 0. The molecule has 0 amide bonds. The lowest BCUT2D eigenvalue weighted by atomic mass is 10.0. The van der Waals surface area contributed by atoms with Crippen LogP contribution in [-0.4, -0.2) is 43.3 Å². The molecule has 3 nitrogen and oxygen atoms in total. The molecule has 1 N–H and O–H groups in total. The van der Waals surface area contributed by atoms with E-state index in [0.717, 1.165) is 39.4 Å². The highest BCUT2D eigenvalue weighted by atomic mass is 16.5. The third-order valence-corrected chi connectivity index (χ3v) is 3.58. The van der Waals surface area contributed by atoms with Crippen LogP contribution in [0.2, 0.25) is 0 Å². The van der Waals surface area contributed by atoms with Crippen LogP contribution in [0, 0.1) is 6.92 Å². The predicted octanol–water partition coefficient (Wildman–Crippen LogP) is 2.20. The molecule has 0 radical (unpaired) electrons. The topological polar surface area (TPSA) is 24.5 Å². The van der Waals surface area contributed by atoms with Gasteiger partial charge in [0, 0.05) is 31.7 Å². The maximum atomic E-state index is 5.39. The van der Waals surface area contributed by atoms with E-state index in [-0.39, 0.29) is 5.54 Å². The Hall–Kier alpha value is -0.900. The van der Waals surface area contributed by atoms with Gasteiger partial charge < -0.3 is 10.1 Å². The van der Waals surface area contributed by atoms with E-state index in [1.165, 1.54) is 11.1 Å². The fourth-order valence-corrected chi connectivity index (χ4v) is 2.54. The predicted molar refractivity (Wildman–Crippen MR) is 79.4 cm³/mol. The number of hydrogen-bond donors (Lipinski definition) is 1. The van der Waals surface area contributed by atoms with Gasteiger partial charge in [0.1, 0.15) is 0 Å². The molecule has 0 aliphatic carbocycles. The molecule has 0 bridgehead atoms. The molecule has 1 aliphatic rings. The van der Waals surface area contributed by atoms with Crippen LogP contribution in [0.25, 0.3) is 0 Å². The van der Waals surface area contributed by atoms with Gasteiger partial charge in [-0.15, -0.1) is 0 Å². The first-order chi connectivity index (χ1) is 9.05. The van der Waals surface area contributed by atoms with Crippen molar-refractivity contribution in [3.05, 3.63) is 35.4 Å². The second-order valence-electron chi connectivity index (χ2n) is 6.12. The SMILES string of the molecule is Cc1cccc(CNC(C)(C)CN2CCOCC2)c1. The first-order valence-corrected chi connectivity index (χ1v) is 7.16. The summed E-state index contributed by atoms with van der Waals surface area (Å²) in [7, 11) is 0. The Kier molecular flexibility index (Phi) is 4.97. The quantitative estimate of drug-likeness (QED) is 0.880. The maximum Gasteiger partial charge on any atom is 0.0594 e. The zero-order chi connectivity index (χ0) is 13.7. The third kappa shape index (κ3) is 4.94. The zero-order valence-corrected chi connectivity index (χ0v) is 12.4. The fourth-order valence-electron chi connectivity index (χ4n) is 2.54. The zero-order valence-electron chi connectivity index (χ0n) is 12.4. The van der Waals surface area contributed by atoms with E-state index in [1.807, 2.05) is 0 Å². The van der Waals surface area contributed by atoms with Crippen LogP contribution < -0.4 is 5.32 Å². The van der Waals surface area contributed by atoms with E-state index in [2.05, 4.69) is 55.3 Å². The van der Waals surface area contributed by atoms with Gasteiger partial charge in [0.25, 0.3) is 0 Å². The average Bonchev–Trinajstić information content (AvgIpc) is 2.37. The van der Waals surface area contributed by atoms with Gasteiger partial charge in [-0.1, -0.05) is 29.8 Å². The minimum atomic E-state index is 0.126. The summed E-state index contributed by atoms with van der Waals surface area (Å²) in [6.07, 6.45) is 0. The number of ether oxygens (including phenoxy) is 1. The lowest BCUT2D eigenvalue weighted by molar-refractivity contribution is 0.0269. The molecule has 1 aromatic carbocycles. The van der Waals surface area contributed by atoms with E-state index in [0.29, 0.717) is 0 Å². The van der Waals surface area contributed by atoms with Crippen molar-refractivity contribution in [2.75, 3.05) is 32.8 Å². The monoisotopic (exact) mass is 262 g/mol. The molecule has 1 saturated heterocycles. The Morgan fingerprint density at radius 3 is 2.68 bits per heavy atom. The van der Waals surface area contributed by atoms with Crippen LogP contribution in [0.4, 0.5) is 0 Å². The average molecular weight is 262 g/mol. The second kappa shape index (κ2) is 6.51. The number of hydrogen-bond acceptors (Lipinski definition) is 3. The molecule has 106 valence electrons. The summed E-state index contributed by atoms with van der Waals surface area (Å²) in [6.45, 7) is 12.5. The Bertz CT molecular complexity index is 397. The van der Waals surface area contributed by atoms with Crippen molar-refractivity contribution in [1.82, 2.24) is 10.2 Å². The fraction of sp³-hybridized carbons (Fsp3) is 0.625. The minimum Gasteiger partial charge on any atom is -0.379 e. The summed E-state index contributed by atoms with van der Waals surface area (Å²) in [5.74, 6) is 0. The Morgan fingerprint density at radius 1 is 1.26 bits per heavy atom. The Labute approximate surface area is 116 Å². The third-order valence-electron chi connectivity index (χ3n) is 3.58. The van der Waals surface area contributed by atoms with E-state index < -0.39 is 0 Å². The molecule has 0 unspecified atom stereocenters. The second-order valence-corrected chi connectivity index (χ2v) is 6.12. The van der Waals surface area contributed by atoms with Gasteiger partial charge in [-0.3, -0.25) is 4.90 Å². The van der Waals surface area contributed by atoms with Gasteiger partial charge in [-0.2, -0.15) is 0 Å². The van der Waals surface area contributed by atoms with Crippen LogP contribution in [0.1, 0.15) is 25.0 Å². The Balaban J connectivity index is 1.82. The van der Waals surface area contributed by atoms with Gasteiger partial charge in [0.05, 0.1) is 13.2 Å². The molecule has 2 rings (SSSR count). The van der Waals surface area contributed by atoms with Gasteiger partial charge in [-0.25, -0.2) is 0 Å². The van der Waals surface area contributed by atoms with E-state index in [4.69, 9.17) is 4.74 Å². The molecule has 0 saturated carbocycles. The highest BCUT2D eigenvalue weighted by Crippen LogP contribution is 2.10. The molecular weight excluding hydrogens is 236 g/mol. The first kappa shape index (κ1) is 14.5. The van der Waals surface area contributed by atoms with Crippen LogP contribution in [-0.2, 0) is 11.3 Å². The van der Waals surface area contributed by atoms with Crippen molar-refractivity contribution in [1.29, 1.82) is 0 Å². The van der Waals surface area contributed by atoms with Crippen molar-refractivity contribution < 1.29 is 4.74 Å². The number of aryl methyl sites for hydroxylation is 1. The molecule has 0 spiro atoms. The van der Waals surface area contributed by atoms with E-state index in [1.54, 1.807) is 0 Å². The number of morpholine rings is 1. The van der Waals surface area contributed by atoms with Gasteiger partial charge >= 0.3 is 0 Å². The summed E-state index contributed by atoms with van der Waals surface area (Å²) in [6, 6.07) is 8.70. The molecule has 1 aliphatic heterocycles. The number of nitrogens with one attached hydrogen (secondary N) is 1. The number of benzene rings is 1. The van der Waals surface area contributed by atoms with Crippen molar-refractivity contribution in [3.63, 3.8) is 0 Å². The standard InChI is InChI=1S/C16H26N2O/c1-14-5-4-6-15(11-14)12-17-16(2,3)13-18-7-9-19-10-8-18/h4-6,11,17H,7-10,12-13H2,1-3H3. The van der Waals surface area contributed by atoms with Crippen molar-refractivity contribution >= 4 is 0 Å². The van der Waals surface area contributed by atoms with E-state index >= 15 is 0 Å². The number of rotatable bonds is 5.